The molecule has 0 fully saturated rings. The largest absolute Gasteiger partial charge is 0.411 e. The molecule has 0 aliphatic rings. The molecule has 0 heterocycles. The Morgan fingerprint density at radius 2 is 2.06 bits per heavy atom. The first kappa shape index (κ1) is 16.6. The van der Waals surface area contributed by atoms with Crippen LogP contribution in [-0.2, 0) is 9.47 Å². The SMILES string of the molecule is COCC(CCCN)NCCOCC(F)(F)F. The molecule has 0 rings (SSSR count). The van der Waals surface area contributed by atoms with Gasteiger partial charge in [0.15, 0.2) is 0 Å². The van der Waals surface area contributed by atoms with E-state index in [1.807, 2.05) is 0 Å². The molecule has 0 saturated carbocycles. The number of alkyl halides is 3. The van der Waals surface area contributed by atoms with E-state index in [4.69, 9.17) is 10.5 Å². The van der Waals surface area contributed by atoms with Crippen LogP contribution < -0.4 is 11.1 Å². The van der Waals surface area contributed by atoms with Crippen molar-refractivity contribution in [3.8, 4) is 0 Å². The Morgan fingerprint density at radius 1 is 1.35 bits per heavy atom. The number of ether oxygens (including phenoxy) is 2. The van der Waals surface area contributed by atoms with Gasteiger partial charge in [-0.05, 0) is 19.4 Å². The summed E-state index contributed by atoms with van der Waals surface area (Å²) in [5.41, 5.74) is 5.38. The van der Waals surface area contributed by atoms with E-state index < -0.39 is 12.8 Å². The van der Waals surface area contributed by atoms with Crippen molar-refractivity contribution in [3.05, 3.63) is 0 Å². The van der Waals surface area contributed by atoms with Gasteiger partial charge < -0.3 is 20.5 Å². The van der Waals surface area contributed by atoms with Gasteiger partial charge in [-0.3, -0.25) is 0 Å². The molecule has 0 aliphatic heterocycles. The van der Waals surface area contributed by atoms with Crippen LogP contribution >= 0.6 is 0 Å². The van der Waals surface area contributed by atoms with Gasteiger partial charge in [-0.25, -0.2) is 0 Å². The first-order valence-electron chi connectivity index (χ1n) is 5.56. The Kier molecular flexibility index (Phi) is 9.43. The maximum atomic E-state index is 11.7. The zero-order valence-corrected chi connectivity index (χ0v) is 10.1. The van der Waals surface area contributed by atoms with Crippen LogP contribution in [0, 0.1) is 0 Å². The molecule has 0 saturated heterocycles. The second-order valence-electron chi connectivity index (χ2n) is 3.71. The van der Waals surface area contributed by atoms with E-state index in [0.717, 1.165) is 12.8 Å². The fourth-order valence-electron chi connectivity index (χ4n) is 1.33. The number of nitrogens with one attached hydrogen (secondary N) is 1. The minimum atomic E-state index is -4.26. The van der Waals surface area contributed by atoms with Gasteiger partial charge in [-0.15, -0.1) is 0 Å². The quantitative estimate of drug-likeness (QED) is 0.572. The lowest BCUT2D eigenvalue weighted by atomic mass is 10.1. The smallest absolute Gasteiger partial charge is 0.383 e. The van der Waals surface area contributed by atoms with Gasteiger partial charge in [0.2, 0.25) is 0 Å². The highest BCUT2D eigenvalue weighted by atomic mass is 19.4. The number of hydrogen-bond acceptors (Lipinski definition) is 4. The Balaban J connectivity index is 3.53. The molecule has 7 heteroatoms. The molecule has 0 radical (unpaired) electrons. The summed E-state index contributed by atoms with van der Waals surface area (Å²) < 4.78 is 44.7. The molecule has 0 spiro atoms. The van der Waals surface area contributed by atoms with Gasteiger partial charge in [0.1, 0.15) is 6.61 Å². The highest BCUT2D eigenvalue weighted by Crippen LogP contribution is 2.13. The number of hydrogen-bond donors (Lipinski definition) is 2. The van der Waals surface area contributed by atoms with E-state index in [1.54, 1.807) is 7.11 Å². The summed E-state index contributed by atoms with van der Waals surface area (Å²) in [7, 11) is 1.58. The number of nitrogens with two attached hydrogens (primary N) is 1. The van der Waals surface area contributed by atoms with Gasteiger partial charge in [-0.2, -0.15) is 13.2 Å². The van der Waals surface area contributed by atoms with Gasteiger partial charge in [0, 0.05) is 19.7 Å². The van der Waals surface area contributed by atoms with Crippen molar-refractivity contribution in [2.24, 2.45) is 5.73 Å². The highest BCUT2D eigenvalue weighted by molar-refractivity contribution is 4.66. The first-order valence-corrected chi connectivity index (χ1v) is 5.56. The lowest BCUT2D eigenvalue weighted by Gasteiger charge is -2.17. The Hall–Kier alpha value is -0.370. The highest BCUT2D eigenvalue weighted by Gasteiger charge is 2.27. The molecular formula is C10H21F3N2O2. The fraction of sp³-hybridized carbons (Fsp3) is 1.00. The van der Waals surface area contributed by atoms with E-state index in [-0.39, 0.29) is 12.6 Å². The summed E-state index contributed by atoms with van der Waals surface area (Å²) in [6.07, 6.45) is -2.57. The first-order chi connectivity index (χ1) is 7.99. The maximum absolute atomic E-state index is 11.7. The minimum absolute atomic E-state index is 0.0301. The van der Waals surface area contributed by atoms with Crippen LogP contribution in [0.25, 0.3) is 0 Å². The summed E-state index contributed by atoms with van der Waals surface area (Å²) in [4.78, 5) is 0. The summed E-state index contributed by atoms with van der Waals surface area (Å²) in [6, 6.07) is 0.109. The molecule has 0 aliphatic carbocycles. The monoisotopic (exact) mass is 258 g/mol. The topological polar surface area (TPSA) is 56.5 Å². The predicted molar refractivity (Wildman–Crippen MR) is 58.8 cm³/mol. The molecule has 104 valence electrons. The third-order valence-electron chi connectivity index (χ3n) is 2.07. The molecule has 1 unspecified atom stereocenters. The summed E-state index contributed by atoms with van der Waals surface area (Å²) >= 11 is 0. The van der Waals surface area contributed by atoms with Crippen LogP contribution in [0.1, 0.15) is 12.8 Å². The molecular weight excluding hydrogens is 237 g/mol. The number of rotatable bonds is 10. The van der Waals surface area contributed by atoms with Crippen LogP contribution in [0.4, 0.5) is 13.2 Å². The van der Waals surface area contributed by atoms with E-state index in [0.29, 0.717) is 19.7 Å². The Labute approximate surface area is 99.6 Å². The normalized spacial score (nSPS) is 13.9. The van der Waals surface area contributed by atoms with Crippen molar-refractivity contribution in [1.29, 1.82) is 0 Å². The lowest BCUT2D eigenvalue weighted by molar-refractivity contribution is -0.173. The molecule has 3 N–H and O–H groups in total. The number of methoxy groups -OCH3 is 1. The fourth-order valence-corrected chi connectivity index (χ4v) is 1.33. The van der Waals surface area contributed by atoms with Crippen LogP contribution in [0.2, 0.25) is 0 Å². The zero-order valence-electron chi connectivity index (χ0n) is 10.1. The lowest BCUT2D eigenvalue weighted by Crippen LogP contribution is -2.36. The second kappa shape index (κ2) is 9.64. The van der Waals surface area contributed by atoms with Crippen LogP contribution in [0.3, 0.4) is 0 Å². The molecule has 17 heavy (non-hydrogen) atoms. The second-order valence-corrected chi connectivity index (χ2v) is 3.71. The average molecular weight is 258 g/mol. The van der Waals surface area contributed by atoms with Crippen LogP contribution in [0.15, 0.2) is 0 Å². The van der Waals surface area contributed by atoms with Crippen molar-refractivity contribution >= 4 is 0 Å². The van der Waals surface area contributed by atoms with Crippen LogP contribution in [0.5, 0.6) is 0 Å². The minimum Gasteiger partial charge on any atom is -0.383 e. The molecule has 4 nitrogen and oxygen atoms in total. The Morgan fingerprint density at radius 3 is 2.59 bits per heavy atom. The number of halogens is 3. The maximum Gasteiger partial charge on any atom is 0.411 e. The van der Waals surface area contributed by atoms with Crippen molar-refractivity contribution < 1.29 is 22.6 Å². The van der Waals surface area contributed by atoms with Gasteiger partial charge >= 0.3 is 6.18 Å². The third kappa shape index (κ3) is 11.9. The molecule has 0 aromatic carbocycles. The van der Waals surface area contributed by atoms with Gasteiger partial charge in [-0.1, -0.05) is 0 Å². The molecule has 0 amide bonds. The van der Waals surface area contributed by atoms with Crippen molar-refractivity contribution in [2.75, 3.05) is 40.0 Å². The van der Waals surface area contributed by atoms with Crippen molar-refractivity contribution in [1.82, 2.24) is 5.32 Å². The van der Waals surface area contributed by atoms with E-state index >= 15 is 0 Å². The van der Waals surface area contributed by atoms with Crippen molar-refractivity contribution in [2.45, 2.75) is 25.1 Å². The Bertz CT molecular complexity index is 179. The molecule has 1 atom stereocenters. The molecule has 0 aromatic heterocycles. The van der Waals surface area contributed by atoms with E-state index in [9.17, 15) is 13.2 Å². The third-order valence-corrected chi connectivity index (χ3v) is 2.07. The summed E-state index contributed by atoms with van der Waals surface area (Å²) in [5, 5.41) is 3.07. The summed E-state index contributed by atoms with van der Waals surface area (Å²) in [6.45, 7) is 0.301. The van der Waals surface area contributed by atoms with Crippen LogP contribution in [-0.4, -0.2) is 52.2 Å². The van der Waals surface area contributed by atoms with E-state index in [1.165, 1.54) is 0 Å². The van der Waals surface area contributed by atoms with Gasteiger partial charge in [0.25, 0.3) is 0 Å². The molecule has 0 aromatic rings. The summed E-state index contributed by atoms with van der Waals surface area (Å²) in [5.74, 6) is 0. The van der Waals surface area contributed by atoms with Crippen molar-refractivity contribution in [3.63, 3.8) is 0 Å². The standard InChI is InChI=1S/C10H21F3N2O2/c1-16-7-9(3-2-4-14)15-5-6-17-8-10(11,12)13/h9,15H,2-8,14H2,1H3. The average Bonchev–Trinajstić information content (AvgIpc) is 2.23. The van der Waals surface area contributed by atoms with E-state index in [2.05, 4.69) is 10.1 Å². The predicted octanol–water partition coefficient (Wildman–Crippen LogP) is 0.909. The van der Waals surface area contributed by atoms with Gasteiger partial charge in [0.05, 0.1) is 13.2 Å². The zero-order chi connectivity index (χ0) is 13.1. The molecule has 0 bridgehead atoms.